The monoisotopic (exact) mass is 291 g/mol. The molecule has 0 aliphatic carbocycles. The van der Waals surface area contributed by atoms with Gasteiger partial charge in [0.25, 0.3) is 0 Å². The van der Waals surface area contributed by atoms with Gasteiger partial charge >= 0.3 is 0 Å². The van der Waals surface area contributed by atoms with Crippen molar-refractivity contribution in [3.63, 3.8) is 0 Å². The van der Waals surface area contributed by atoms with Crippen molar-refractivity contribution in [2.24, 2.45) is 13.0 Å². The minimum absolute atomic E-state index is 0.196. The van der Waals surface area contributed by atoms with Gasteiger partial charge in [0.15, 0.2) is 0 Å². The molecular weight excluding hydrogens is 266 g/mol. The van der Waals surface area contributed by atoms with Crippen LogP contribution >= 0.6 is 0 Å². The van der Waals surface area contributed by atoms with Crippen molar-refractivity contribution in [3.05, 3.63) is 18.2 Å². The van der Waals surface area contributed by atoms with Gasteiger partial charge in [0.1, 0.15) is 5.69 Å². The van der Waals surface area contributed by atoms with Crippen LogP contribution < -0.4 is 5.32 Å². The summed E-state index contributed by atoms with van der Waals surface area (Å²) >= 11 is 0. The highest BCUT2D eigenvalue weighted by molar-refractivity contribution is 5.46. The Morgan fingerprint density at radius 3 is 2.67 bits per heavy atom. The van der Waals surface area contributed by atoms with Crippen LogP contribution in [0.25, 0.3) is 11.5 Å². The van der Waals surface area contributed by atoms with E-state index in [1.807, 2.05) is 19.3 Å². The van der Waals surface area contributed by atoms with E-state index in [-0.39, 0.29) is 5.92 Å². The minimum atomic E-state index is 0.196. The van der Waals surface area contributed by atoms with Crippen molar-refractivity contribution in [2.75, 3.05) is 6.54 Å². The molecule has 6 nitrogen and oxygen atoms in total. The average Bonchev–Trinajstić information content (AvgIpc) is 3.05. The lowest BCUT2D eigenvalue weighted by atomic mass is 9.89. The van der Waals surface area contributed by atoms with Gasteiger partial charge in [-0.3, -0.25) is 4.68 Å². The third-order valence-electron chi connectivity index (χ3n) is 3.64. The quantitative estimate of drug-likeness (QED) is 0.849. The van der Waals surface area contributed by atoms with Crippen molar-refractivity contribution in [1.82, 2.24) is 25.2 Å². The molecule has 116 valence electrons. The van der Waals surface area contributed by atoms with E-state index in [0.29, 0.717) is 23.7 Å². The molecular formula is C15H25N5O. The Morgan fingerprint density at radius 1 is 1.33 bits per heavy atom. The molecule has 0 spiro atoms. The number of nitrogens with zero attached hydrogens (tertiary/aromatic N) is 4. The van der Waals surface area contributed by atoms with Gasteiger partial charge in [-0.15, -0.1) is 0 Å². The molecule has 0 radical (unpaired) electrons. The van der Waals surface area contributed by atoms with Gasteiger partial charge in [-0.2, -0.15) is 10.1 Å². The van der Waals surface area contributed by atoms with Crippen molar-refractivity contribution < 1.29 is 4.52 Å². The second-order valence-electron chi connectivity index (χ2n) is 5.84. The molecule has 0 saturated heterocycles. The van der Waals surface area contributed by atoms with Crippen molar-refractivity contribution in [2.45, 2.75) is 46.1 Å². The molecule has 0 bridgehead atoms. The lowest BCUT2D eigenvalue weighted by Crippen LogP contribution is -2.35. The van der Waals surface area contributed by atoms with Gasteiger partial charge in [0, 0.05) is 19.3 Å². The first-order chi connectivity index (χ1) is 10.0. The summed E-state index contributed by atoms with van der Waals surface area (Å²) in [6.07, 6.45) is 2.98. The number of nitrogens with one attached hydrogen (secondary N) is 1. The number of hydrogen-bond acceptors (Lipinski definition) is 5. The lowest BCUT2D eigenvalue weighted by Gasteiger charge is -2.24. The Balaban J connectivity index is 2.19. The van der Waals surface area contributed by atoms with Gasteiger partial charge in [-0.25, -0.2) is 0 Å². The molecule has 0 aliphatic heterocycles. The summed E-state index contributed by atoms with van der Waals surface area (Å²) in [5.74, 6) is 1.85. The summed E-state index contributed by atoms with van der Waals surface area (Å²) in [6, 6.07) is 2.18. The van der Waals surface area contributed by atoms with Gasteiger partial charge in [0.2, 0.25) is 11.7 Å². The van der Waals surface area contributed by atoms with Crippen LogP contribution in [0.15, 0.2) is 16.8 Å². The van der Waals surface area contributed by atoms with E-state index in [1.54, 1.807) is 4.68 Å². The van der Waals surface area contributed by atoms with E-state index in [4.69, 9.17) is 4.52 Å². The number of aryl methyl sites for hydroxylation is 1. The van der Waals surface area contributed by atoms with Gasteiger partial charge in [-0.05, 0) is 31.9 Å². The second kappa shape index (κ2) is 6.85. The molecule has 2 aromatic heterocycles. The van der Waals surface area contributed by atoms with E-state index in [1.165, 1.54) is 0 Å². The number of hydrogen-bond donors (Lipinski definition) is 1. The van der Waals surface area contributed by atoms with E-state index in [9.17, 15) is 0 Å². The first kappa shape index (κ1) is 15.7. The summed E-state index contributed by atoms with van der Waals surface area (Å²) < 4.78 is 7.24. The van der Waals surface area contributed by atoms with Gasteiger partial charge < -0.3 is 9.84 Å². The molecule has 0 saturated carbocycles. The van der Waals surface area contributed by atoms with E-state index < -0.39 is 0 Å². The Kier molecular flexibility index (Phi) is 5.12. The molecule has 2 heterocycles. The maximum Gasteiger partial charge on any atom is 0.231 e. The third-order valence-corrected chi connectivity index (χ3v) is 3.64. The fraction of sp³-hybridized carbons (Fsp3) is 0.667. The minimum Gasteiger partial charge on any atom is -0.339 e. The number of aromatic nitrogens is 4. The maximum atomic E-state index is 5.50. The van der Waals surface area contributed by atoms with E-state index >= 15 is 0 Å². The Hall–Kier alpha value is -1.69. The smallest absolute Gasteiger partial charge is 0.231 e. The van der Waals surface area contributed by atoms with Crippen LogP contribution in [0.5, 0.6) is 0 Å². The van der Waals surface area contributed by atoms with Crippen LogP contribution in [0, 0.1) is 5.92 Å². The van der Waals surface area contributed by atoms with Crippen molar-refractivity contribution in [1.29, 1.82) is 0 Å². The summed E-state index contributed by atoms with van der Waals surface area (Å²) in [5.41, 5.74) is 0.740. The van der Waals surface area contributed by atoms with E-state index in [2.05, 4.69) is 48.3 Å². The molecule has 2 unspecified atom stereocenters. The molecule has 0 amide bonds. The SMILES string of the molecule is CCCNC(C)C(c1nc(-c2ccn(C)n2)no1)C(C)C. The third kappa shape index (κ3) is 3.69. The normalized spacial score (nSPS) is 14.6. The second-order valence-corrected chi connectivity index (χ2v) is 5.84. The molecule has 2 rings (SSSR count). The molecule has 6 heteroatoms. The van der Waals surface area contributed by atoms with E-state index in [0.717, 1.165) is 18.7 Å². The predicted octanol–water partition coefficient (Wildman–Crippen LogP) is 2.60. The number of rotatable bonds is 7. The zero-order valence-electron chi connectivity index (χ0n) is 13.5. The zero-order valence-corrected chi connectivity index (χ0v) is 13.5. The topological polar surface area (TPSA) is 68.8 Å². The average molecular weight is 291 g/mol. The molecule has 0 fully saturated rings. The maximum absolute atomic E-state index is 5.50. The standard InChI is InChI=1S/C15H25N5O/c1-6-8-16-11(4)13(10(2)3)15-17-14(19-21-15)12-7-9-20(5)18-12/h7,9-11,13,16H,6,8H2,1-5H3. The molecule has 21 heavy (non-hydrogen) atoms. The highest BCUT2D eigenvalue weighted by atomic mass is 16.5. The molecule has 2 aromatic rings. The highest BCUT2D eigenvalue weighted by Gasteiger charge is 2.28. The van der Waals surface area contributed by atoms with Crippen LogP contribution in [0.1, 0.15) is 45.9 Å². The highest BCUT2D eigenvalue weighted by Crippen LogP contribution is 2.28. The summed E-state index contributed by atoms with van der Waals surface area (Å²) in [7, 11) is 1.87. The van der Waals surface area contributed by atoms with Crippen LogP contribution in [0.4, 0.5) is 0 Å². The van der Waals surface area contributed by atoms with Crippen molar-refractivity contribution in [3.8, 4) is 11.5 Å². The Labute approximate surface area is 125 Å². The van der Waals surface area contributed by atoms with Crippen LogP contribution in [-0.2, 0) is 7.05 Å². The summed E-state index contributed by atoms with van der Waals surface area (Å²) in [5, 5.41) is 11.9. The fourth-order valence-corrected chi connectivity index (χ4v) is 2.58. The predicted molar refractivity (Wildman–Crippen MR) is 81.8 cm³/mol. The molecule has 0 aliphatic rings. The Bertz CT molecular complexity index is 560. The largest absolute Gasteiger partial charge is 0.339 e. The molecule has 1 N–H and O–H groups in total. The first-order valence-electron chi connectivity index (χ1n) is 7.60. The Morgan fingerprint density at radius 2 is 2.10 bits per heavy atom. The van der Waals surface area contributed by atoms with Crippen LogP contribution in [-0.4, -0.2) is 32.5 Å². The van der Waals surface area contributed by atoms with Gasteiger partial charge in [-0.1, -0.05) is 25.9 Å². The van der Waals surface area contributed by atoms with Crippen molar-refractivity contribution >= 4 is 0 Å². The van der Waals surface area contributed by atoms with Crippen LogP contribution in [0.2, 0.25) is 0 Å². The summed E-state index contributed by atoms with van der Waals surface area (Å²) in [4.78, 5) is 4.55. The molecule has 0 aromatic carbocycles. The lowest BCUT2D eigenvalue weighted by molar-refractivity contribution is 0.280. The first-order valence-corrected chi connectivity index (χ1v) is 7.60. The zero-order chi connectivity index (χ0) is 15.4. The molecule has 2 atom stereocenters. The van der Waals surface area contributed by atoms with Gasteiger partial charge in [0.05, 0.1) is 5.92 Å². The fourth-order valence-electron chi connectivity index (χ4n) is 2.58. The van der Waals surface area contributed by atoms with Crippen LogP contribution in [0.3, 0.4) is 0 Å². The summed E-state index contributed by atoms with van der Waals surface area (Å²) in [6.45, 7) is 9.69.